The van der Waals surface area contributed by atoms with Gasteiger partial charge in [-0.1, -0.05) is 0 Å². The highest BCUT2D eigenvalue weighted by Crippen LogP contribution is 2.24. The van der Waals surface area contributed by atoms with Crippen LogP contribution in [-0.2, 0) is 6.54 Å². The van der Waals surface area contributed by atoms with E-state index >= 15 is 0 Å². The maximum atomic E-state index is 9.39. The van der Waals surface area contributed by atoms with E-state index in [9.17, 15) is 5.11 Å². The number of aliphatic hydroxyl groups excluding tert-OH is 2. The van der Waals surface area contributed by atoms with Gasteiger partial charge in [-0.2, -0.15) is 0 Å². The third-order valence-corrected chi connectivity index (χ3v) is 2.66. The summed E-state index contributed by atoms with van der Waals surface area (Å²) in [6.07, 6.45) is -0.730. The molecule has 0 saturated carbocycles. The van der Waals surface area contributed by atoms with E-state index in [0.717, 1.165) is 17.1 Å². The molecule has 1 rings (SSSR count). The van der Waals surface area contributed by atoms with Gasteiger partial charge in [0.1, 0.15) is 11.5 Å². The van der Waals surface area contributed by atoms with E-state index in [-0.39, 0.29) is 6.61 Å². The minimum absolute atomic E-state index is 0.237. The molecule has 0 fully saturated rings. The maximum absolute atomic E-state index is 9.39. The number of aliphatic hydroxyl groups is 2. The normalized spacial score (nSPS) is 12.6. The molecule has 0 amide bonds. The van der Waals surface area contributed by atoms with Crippen molar-refractivity contribution in [1.82, 2.24) is 4.90 Å². The van der Waals surface area contributed by atoms with Crippen LogP contribution in [0.25, 0.3) is 0 Å². The number of rotatable bonds is 7. The molecule has 0 aliphatic rings. The Morgan fingerprint density at radius 1 is 1.28 bits per heavy atom. The summed E-state index contributed by atoms with van der Waals surface area (Å²) in [5, 5.41) is 18.2. The molecule has 0 aliphatic heterocycles. The topological polar surface area (TPSA) is 62.2 Å². The molecule has 0 bridgehead atoms. The second kappa shape index (κ2) is 7.20. The summed E-state index contributed by atoms with van der Waals surface area (Å²) >= 11 is 0. The van der Waals surface area contributed by atoms with Crippen LogP contribution in [0, 0.1) is 0 Å². The summed E-state index contributed by atoms with van der Waals surface area (Å²) in [7, 11) is 5.11. The van der Waals surface area contributed by atoms with Crippen molar-refractivity contribution in [2.24, 2.45) is 0 Å². The molecular weight excluding hydrogens is 234 g/mol. The molecular formula is C13H21NO4. The molecule has 1 aromatic carbocycles. The van der Waals surface area contributed by atoms with Gasteiger partial charge in [-0.3, -0.25) is 4.90 Å². The van der Waals surface area contributed by atoms with E-state index in [1.54, 1.807) is 14.2 Å². The summed E-state index contributed by atoms with van der Waals surface area (Å²) in [4.78, 5) is 1.91. The van der Waals surface area contributed by atoms with E-state index in [2.05, 4.69) is 0 Å². The fourth-order valence-corrected chi connectivity index (χ4v) is 1.78. The maximum Gasteiger partial charge on any atom is 0.123 e. The van der Waals surface area contributed by atoms with E-state index < -0.39 is 6.10 Å². The number of ether oxygens (including phenoxy) is 2. The molecule has 102 valence electrons. The summed E-state index contributed by atoms with van der Waals surface area (Å²) in [5.41, 5.74) is 0.976. The lowest BCUT2D eigenvalue weighted by molar-refractivity contribution is 0.0646. The lowest BCUT2D eigenvalue weighted by atomic mass is 10.1. The first kappa shape index (κ1) is 14.8. The lowest BCUT2D eigenvalue weighted by Crippen LogP contribution is -2.31. The largest absolute Gasteiger partial charge is 0.497 e. The van der Waals surface area contributed by atoms with Crippen LogP contribution in [0.15, 0.2) is 18.2 Å². The van der Waals surface area contributed by atoms with Gasteiger partial charge in [0.05, 0.1) is 26.9 Å². The highest BCUT2D eigenvalue weighted by molar-refractivity contribution is 5.40. The Morgan fingerprint density at radius 2 is 2.00 bits per heavy atom. The minimum Gasteiger partial charge on any atom is -0.497 e. The van der Waals surface area contributed by atoms with Crippen molar-refractivity contribution < 1.29 is 19.7 Å². The molecule has 0 radical (unpaired) electrons. The fraction of sp³-hybridized carbons (Fsp3) is 0.538. The predicted octanol–water partition coefficient (Wildman–Crippen LogP) is 0.489. The first-order valence-electron chi connectivity index (χ1n) is 5.79. The van der Waals surface area contributed by atoms with Crippen molar-refractivity contribution in [3.63, 3.8) is 0 Å². The minimum atomic E-state index is -0.730. The van der Waals surface area contributed by atoms with Crippen LogP contribution >= 0.6 is 0 Å². The number of hydrogen-bond donors (Lipinski definition) is 2. The number of methoxy groups -OCH3 is 2. The van der Waals surface area contributed by atoms with Gasteiger partial charge in [0.15, 0.2) is 0 Å². The highest BCUT2D eigenvalue weighted by atomic mass is 16.5. The van der Waals surface area contributed by atoms with Crippen LogP contribution in [0.5, 0.6) is 11.5 Å². The Morgan fingerprint density at radius 3 is 2.56 bits per heavy atom. The average Bonchev–Trinajstić information content (AvgIpc) is 2.38. The third kappa shape index (κ3) is 4.18. The molecule has 5 nitrogen and oxygen atoms in total. The second-order valence-corrected chi connectivity index (χ2v) is 4.21. The van der Waals surface area contributed by atoms with Gasteiger partial charge in [-0.15, -0.1) is 0 Å². The van der Waals surface area contributed by atoms with Gasteiger partial charge in [0.2, 0.25) is 0 Å². The van der Waals surface area contributed by atoms with Gasteiger partial charge in [-0.05, 0) is 25.2 Å². The van der Waals surface area contributed by atoms with Crippen LogP contribution in [-0.4, -0.2) is 55.6 Å². The average molecular weight is 255 g/mol. The molecule has 0 aliphatic carbocycles. The van der Waals surface area contributed by atoms with Gasteiger partial charge < -0.3 is 19.7 Å². The summed E-state index contributed by atoms with van der Waals surface area (Å²) in [6.45, 7) is 0.772. The van der Waals surface area contributed by atoms with Crippen molar-refractivity contribution in [2.45, 2.75) is 12.6 Å². The number of nitrogens with zero attached hydrogens (tertiary/aromatic N) is 1. The third-order valence-electron chi connectivity index (χ3n) is 2.66. The zero-order chi connectivity index (χ0) is 13.5. The highest BCUT2D eigenvalue weighted by Gasteiger charge is 2.11. The number of benzene rings is 1. The smallest absolute Gasteiger partial charge is 0.123 e. The zero-order valence-corrected chi connectivity index (χ0v) is 11.1. The van der Waals surface area contributed by atoms with Crippen molar-refractivity contribution in [3.8, 4) is 11.5 Å². The van der Waals surface area contributed by atoms with E-state index in [1.807, 2.05) is 30.1 Å². The lowest BCUT2D eigenvalue weighted by Gasteiger charge is -2.20. The van der Waals surface area contributed by atoms with E-state index in [1.165, 1.54) is 0 Å². The molecule has 1 atom stereocenters. The van der Waals surface area contributed by atoms with E-state index in [0.29, 0.717) is 13.1 Å². The molecule has 18 heavy (non-hydrogen) atoms. The SMILES string of the molecule is COc1ccc(OC)c(CN(C)CC(O)CO)c1. The van der Waals surface area contributed by atoms with Crippen LogP contribution in [0.4, 0.5) is 0 Å². The standard InChI is InChI=1S/C13H21NO4/c1-14(8-11(16)9-15)7-10-6-12(17-2)4-5-13(10)18-3/h4-6,11,15-16H,7-9H2,1-3H3. The second-order valence-electron chi connectivity index (χ2n) is 4.21. The summed E-state index contributed by atoms with van der Waals surface area (Å²) < 4.78 is 10.5. The van der Waals surface area contributed by atoms with Crippen molar-refractivity contribution >= 4 is 0 Å². The van der Waals surface area contributed by atoms with Gasteiger partial charge in [0, 0.05) is 18.7 Å². The number of likely N-dealkylation sites (N-methyl/N-ethyl adjacent to an activating group) is 1. The monoisotopic (exact) mass is 255 g/mol. The predicted molar refractivity (Wildman–Crippen MR) is 69.0 cm³/mol. The fourth-order valence-electron chi connectivity index (χ4n) is 1.78. The molecule has 5 heteroatoms. The Balaban J connectivity index is 2.75. The van der Waals surface area contributed by atoms with Crippen molar-refractivity contribution in [1.29, 1.82) is 0 Å². The molecule has 0 spiro atoms. The van der Waals surface area contributed by atoms with Crippen molar-refractivity contribution in [2.75, 3.05) is 34.4 Å². The van der Waals surface area contributed by atoms with Gasteiger partial charge in [-0.25, -0.2) is 0 Å². The number of hydrogen-bond acceptors (Lipinski definition) is 5. The van der Waals surface area contributed by atoms with Crippen LogP contribution in [0.3, 0.4) is 0 Å². The van der Waals surface area contributed by atoms with Crippen LogP contribution in [0.1, 0.15) is 5.56 Å². The molecule has 0 aromatic heterocycles. The van der Waals surface area contributed by atoms with Crippen LogP contribution < -0.4 is 9.47 Å². The first-order chi connectivity index (χ1) is 8.60. The van der Waals surface area contributed by atoms with Crippen molar-refractivity contribution in [3.05, 3.63) is 23.8 Å². The first-order valence-corrected chi connectivity index (χ1v) is 5.79. The zero-order valence-electron chi connectivity index (χ0n) is 11.1. The Labute approximate surface area is 108 Å². The molecule has 2 N–H and O–H groups in total. The Bertz CT molecular complexity index is 370. The molecule has 1 aromatic rings. The molecule has 1 unspecified atom stereocenters. The Kier molecular flexibility index (Phi) is 5.91. The molecule has 0 saturated heterocycles. The summed E-state index contributed by atoms with van der Waals surface area (Å²) in [5.74, 6) is 1.54. The van der Waals surface area contributed by atoms with Gasteiger partial charge >= 0.3 is 0 Å². The Hall–Kier alpha value is -1.30. The van der Waals surface area contributed by atoms with E-state index in [4.69, 9.17) is 14.6 Å². The molecule has 0 heterocycles. The quantitative estimate of drug-likeness (QED) is 0.742. The summed E-state index contributed by atoms with van der Waals surface area (Å²) in [6, 6.07) is 5.59. The van der Waals surface area contributed by atoms with Crippen LogP contribution in [0.2, 0.25) is 0 Å². The van der Waals surface area contributed by atoms with Gasteiger partial charge in [0.25, 0.3) is 0 Å².